The van der Waals surface area contributed by atoms with Crippen molar-refractivity contribution in [3.05, 3.63) is 70.8 Å². The number of hydrogen-bond acceptors (Lipinski definition) is 7. The van der Waals surface area contributed by atoms with Crippen molar-refractivity contribution in [2.75, 3.05) is 13.2 Å². The molecular weight excluding hydrogens is 358 g/mol. The van der Waals surface area contributed by atoms with Crippen molar-refractivity contribution in [3.8, 4) is 5.75 Å². The number of aliphatic hydroxyl groups excluding tert-OH is 2. The second-order valence-electron chi connectivity index (χ2n) is 5.90. The highest BCUT2D eigenvalue weighted by molar-refractivity contribution is 5.85. The molecule has 1 aromatic carbocycles. The number of nitroso groups, excluding NO2 is 1. The molecule has 0 saturated carbocycles. The Bertz CT molecular complexity index is 754. The molecule has 1 rings (SSSR count). The van der Waals surface area contributed by atoms with Gasteiger partial charge in [0.1, 0.15) is 11.4 Å². The molecule has 0 amide bonds. The maximum Gasteiger partial charge on any atom is 0.124 e. The van der Waals surface area contributed by atoms with Gasteiger partial charge in [-0.1, -0.05) is 36.9 Å². The summed E-state index contributed by atoms with van der Waals surface area (Å²) in [6.07, 6.45) is 8.38. The largest absolute Gasteiger partial charge is 0.507 e. The van der Waals surface area contributed by atoms with E-state index in [1.165, 1.54) is 18.5 Å². The van der Waals surface area contributed by atoms with Gasteiger partial charge < -0.3 is 15.3 Å². The van der Waals surface area contributed by atoms with Gasteiger partial charge in [-0.15, -0.1) is 4.91 Å². The molecule has 0 aliphatic rings. The van der Waals surface area contributed by atoms with Crippen LogP contribution in [0.1, 0.15) is 25.3 Å². The number of aromatic hydroxyl groups is 1. The number of aliphatic hydroxyl groups is 2. The first-order chi connectivity index (χ1) is 13.6. The van der Waals surface area contributed by atoms with Gasteiger partial charge in [0, 0.05) is 36.8 Å². The number of allylic oxidation sites excluding steroid dienone is 4. The van der Waals surface area contributed by atoms with Crippen LogP contribution in [0.25, 0.3) is 0 Å². The molecule has 0 spiro atoms. The zero-order chi connectivity index (χ0) is 20.8. The highest BCUT2D eigenvalue weighted by Gasteiger charge is 2.19. The Labute approximate surface area is 165 Å². The monoisotopic (exact) mass is 385 g/mol. The molecule has 7 heteroatoms. The third-order valence-corrected chi connectivity index (χ3v) is 4.01. The number of benzene rings is 1. The van der Waals surface area contributed by atoms with E-state index in [-0.39, 0.29) is 24.7 Å². The Morgan fingerprint density at radius 2 is 1.79 bits per heavy atom. The third-order valence-electron chi connectivity index (χ3n) is 4.01. The van der Waals surface area contributed by atoms with Crippen LogP contribution < -0.4 is 0 Å². The maximum atomic E-state index is 11.0. The van der Waals surface area contributed by atoms with E-state index in [1.807, 2.05) is 0 Å². The predicted molar refractivity (Wildman–Crippen MR) is 113 cm³/mol. The highest BCUT2D eigenvalue weighted by Crippen LogP contribution is 2.17. The van der Waals surface area contributed by atoms with E-state index in [9.17, 15) is 20.2 Å². The van der Waals surface area contributed by atoms with Crippen molar-refractivity contribution in [2.45, 2.75) is 31.8 Å². The standard InChI is InChI=1S/C21H27N3O4/c1-3-7-16(18(4-2)24-28)14-22-19(10-12-25)20(11-13-26)23-15-17-8-5-6-9-21(17)27/h3-9,14-15,19-20,25-27H,1,10-13H2,2H3/b16-7-,18-4+,22-14+,23-15+. The van der Waals surface area contributed by atoms with Crippen LogP contribution in [0.5, 0.6) is 5.75 Å². The van der Waals surface area contributed by atoms with Crippen molar-refractivity contribution in [2.24, 2.45) is 15.2 Å². The van der Waals surface area contributed by atoms with Crippen molar-refractivity contribution < 1.29 is 15.3 Å². The van der Waals surface area contributed by atoms with Crippen LogP contribution in [0.2, 0.25) is 0 Å². The topological polar surface area (TPSA) is 115 Å². The number of para-hydroxylation sites is 1. The maximum absolute atomic E-state index is 11.0. The molecule has 7 nitrogen and oxygen atoms in total. The quantitative estimate of drug-likeness (QED) is 0.291. The van der Waals surface area contributed by atoms with E-state index in [1.54, 1.807) is 43.3 Å². The molecule has 150 valence electrons. The van der Waals surface area contributed by atoms with Gasteiger partial charge in [-0.25, -0.2) is 0 Å². The summed E-state index contributed by atoms with van der Waals surface area (Å²) >= 11 is 0. The normalized spacial score (nSPS) is 15.1. The summed E-state index contributed by atoms with van der Waals surface area (Å²) in [4.78, 5) is 19.9. The molecule has 0 saturated heterocycles. The highest BCUT2D eigenvalue weighted by atomic mass is 16.3. The lowest BCUT2D eigenvalue weighted by Crippen LogP contribution is -2.26. The molecule has 0 aliphatic heterocycles. The minimum absolute atomic E-state index is 0.0993. The Hall–Kier alpha value is -2.90. The van der Waals surface area contributed by atoms with Gasteiger partial charge in [-0.05, 0) is 37.1 Å². The minimum atomic E-state index is -0.433. The zero-order valence-electron chi connectivity index (χ0n) is 16.0. The van der Waals surface area contributed by atoms with E-state index in [2.05, 4.69) is 21.7 Å². The number of hydrogen-bond donors (Lipinski definition) is 3. The number of aliphatic imine (C=N–C) groups is 2. The van der Waals surface area contributed by atoms with Crippen LogP contribution in [0, 0.1) is 4.91 Å². The SMILES string of the molecule is C=C/C=C(/C=N/C(CCO)C(CCO)/N=C/c1ccccc1O)C(=C/C)\N=O. The lowest BCUT2D eigenvalue weighted by Gasteiger charge is -2.19. The number of nitrogens with zero attached hydrogens (tertiary/aromatic N) is 3. The van der Waals surface area contributed by atoms with Crippen molar-refractivity contribution in [1.82, 2.24) is 0 Å². The smallest absolute Gasteiger partial charge is 0.124 e. The molecule has 28 heavy (non-hydrogen) atoms. The summed E-state index contributed by atoms with van der Waals surface area (Å²) < 4.78 is 0. The Morgan fingerprint density at radius 3 is 2.32 bits per heavy atom. The first-order valence-electron chi connectivity index (χ1n) is 9.00. The average molecular weight is 385 g/mol. The van der Waals surface area contributed by atoms with Crippen LogP contribution in [0.15, 0.2) is 75.5 Å². The van der Waals surface area contributed by atoms with Gasteiger partial charge in [-0.2, -0.15) is 0 Å². The molecule has 1 aromatic rings. The van der Waals surface area contributed by atoms with E-state index in [4.69, 9.17) is 0 Å². The Balaban J connectivity index is 3.15. The van der Waals surface area contributed by atoms with Gasteiger partial charge in [0.05, 0.1) is 12.1 Å². The molecule has 0 bridgehead atoms. The lowest BCUT2D eigenvalue weighted by atomic mass is 10.0. The van der Waals surface area contributed by atoms with Gasteiger partial charge >= 0.3 is 0 Å². The number of phenolic OH excluding ortho intramolecular Hbond substituents is 1. The van der Waals surface area contributed by atoms with Crippen molar-refractivity contribution >= 4 is 12.4 Å². The zero-order valence-corrected chi connectivity index (χ0v) is 16.0. The molecule has 0 radical (unpaired) electrons. The number of phenols is 1. The molecular formula is C21H27N3O4. The summed E-state index contributed by atoms with van der Waals surface area (Å²) in [6.45, 7) is 5.10. The van der Waals surface area contributed by atoms with Crippen LogP contribution in [0.4, 0.5) is 0 Å². The summed E-state index contributed by atoms with van der Waals surface area (Å²) in [7, 11) is 0. The first kappa shape index (κ1) is 23.1. The van der Waals surface area contributed by atoms with Gasteiger partial charge in [0.15, 0.2) is 0 Å². The number of rotatable bonds is 12. The van der Waals surface area contributed by atoms with Crippen molar-refractivity contribution in [1.29, 1.82) is 0 Å². The minimum Gasteiger partial charge on any atom is -0.507 e. The fraction of sp³-hybridized carbons (Fsp3) is 0.333. The van der Waals surface area contributed by atoms with Crippen LogP contribution in [0.3, 0.4) is 0 Å². The van der Waals surface area contributed by atoms with Crippen LogP contribution >= 0.6 is 0 Å². The molecule has 2 atom stereocenters. The van der Waals surface area contributed by atoms with Gasteiger partial charge in [0.2, 0.25) is 0 Å². The summed E-state index contributed by atoms with van der Waals surface area (Å²) in [6, 6.07) is 5.92. The summed E-state index contributed by atoms with van der Waals surface area (Å²) in [5.41, 5.74) is 1.26. The molecule has 0 fully saturated rings. The first-order valence-corrected chi connectivity index (χ1v) is 9.00. The van der Waals surface area contributed by atoms with Gasteiger partial charge in [0.25, 0.3) is 0 Å². The van der Waals surface area contributed by atoms with E-state index in [0.29, 0.717) is 24.0 Å². The van der Waals surface area contributed by atoms with E-state index in [0.717, 1.165) is 0 Å². The molecule has 2 unspecified atom stereocenters. The molecule has 0 aromatic heterocycles. The van der Waals surface area contributed by atoms with Gasteiger partial charge in [-0.3, -0.25) is 9.98 Å². The fourth-order valence-electron chi connectivity index (χ4n) is 2.54. The summed E-state index contributed by atoms with van der Waals surface area (Å²) in [5.74, 6) is 0.0993. The van der Waals surface area contributed by atoms with Crippen LogP contribution in [-0.2, 0) is 0 Å². The van der Waals surface area contributed by atoms with E-state index >= 15 is 0 Å². The summed E-state index contributed by atoms with van der Waals surface area (Å²) in [5, 5.41) is 31.7. The predicted octanol–water partition coefficient (Wildman–Crippen LogP) is 3.17. The van der Waals surface area contributed by atoms with E-state index < -0.39 is 12.1 Å². The third kappa shape index (κ3) is 7.38. The molecule has 0 aliphatic carbocycles. The molecule has 0 heterocycles. The lowest BCUT2D eigenvalue weighted by molar-refractivity contribution is 0.243. The van der Waals surface area contributed by atoms with Crippen LogP contribution in [-0.4, -0.2) is 53.0 Å². The fourth-order valence-corrected chi connectivity index (χ4v) is 2.54. The molecule has 3 N–H and O–H groups in total. The average Bonchev–Trinajstić information content (AvgIpc) is 2.70. The Kier molecular flexibility index (Phi) is 11.0. The Morgan fingerprint density at radius 1 is 1.14 bits per heavy atom. The second-order valence-corrected chi connectivity index (χ2v) is 5.90. The second kappa shape index (κ2) is 13.3. The van der Waals surface area contributed by atoms with Crippen molar-refractivity contribution in [3.63, 3.8) is 0 Å².